The summed E-state index contributed by atoms with van der Waals surface area (Å²) in [5, 5.41) is 14.5. The van der Waals surface area contributed by atoms with Crippen molar-refractivity contribution < 1.29 is 50.5 Å². The number of nitrogens with one attached hydrogen (secondary N) is 2. The molecule has 0 radical (unpaired) electrons. The molecule has 0 spiro atoms. The van der Waals surface area contributed by atoms with Crippen molar-refractivity contribution in [3.63, 3.8) is 0 Å². The molecule has 0 aliphatic heterocycles. The number of halogens is 4. The summed E-state index contributed by atoms with van der Waals surface area (Å²) in [6, 6.07) is 8.41. The largest absolute Gasteiger partial charge is 0.619 e. The minimum Gasteiger partial charge on any atom is -0.619 e. The van der Waals surface area contributed by atoms with E-state index in [1.807, 2.05) is 0 Å². The average Bonchev–Trinajstić information content (AvgIpc) is 3.96. The molecule has 1 amide bonds. The predicted molar refractivity (Wildman–Crippen MR) is 179 cm³/mol. The fourth-order valence-corrected chi connectivity index (χ4v) is 5.99. The highest BCUT2D eigenvalue weighted by Crippen LogP contribution is 2.38. The van der Waals surface area contributed by atoms with E-state index < -0.39 is 34.6 Å². The molecule has 1 aromatic heterocycles. The molecule has 17 heteroatoms. The van der Waals surface area contributed by atoms with E-state index in [0.29, 0.717) is 34.3 Å². The summed E-state index contributed by atoms with van der Waals surface area (Å²) >= 11 is 12.6. The molecule has 0 bridgehead atoms. The molecule has 2 aliphatic carbocycles. The van der Waals surface area contributed by atoms with Gasteiger partial charge in [0.25, 0.3) is 5.91 Å². The smallest absolute Gasteiger partial charge is 0.387 e. The van der Waals surface area contributed by atoms with E-state index in [1.165, 1.54) is 36.4 Å². The van der Waals surface area contributed by atoms with E-state index in [0.717, 1.165) is 44.3 Å². The molecular weight excluding hydrogens is 723 g/mol. The Labute approximate surface area is 297 Å². The number of carbonyl (C=O) groups excluding carboxylic acids is 2. The number of aromatic nitrogens is 1. The van der Waals surface area contributed by atoms with Crippen LogP contribution in [0, 0.1) is 17.0 Å². The molecule has 2 aliphatic rings. The zero-order valence-corrected chi connectivity index (χ0v) is 29.2. The lowest BCUT2D eigenvalue weighted by molar-refractivity contribution is -0.605. The topological polar surface area (TPSA) is 156 Å². The van der Waals surface area contributed by atoms with Crippen LogP contribution in [0.15, 0.2) is 48.8 Å². The van der Waals surface area contributed by atoms with E-state index in [2.05, 4.69) is 14.8 Å². The maximum atomic E-state index is 13.1. The van der Waals surface area contributed by atoms with Crippen LogP contribution in [0.1, 0.15) is 59.7 Å². The number of esters is 1. The highest BCUT2D eigenvalue weighted by Gasteiger charge is 2.27. The molecule has 1 atom stereocenters. The van der Waals surface area contributed by atoms with Gasteiger partial charge in [-0.1, -0.05) is 29.3 Å². The second-order valence-electron chi connectivity index (χ2n) is 12.2. The number of nitrogens with zero attached hydrogens (tertiary/aromatic N) is 1. The van der Waals surface area contributed by atoms with Gasteiger partial charge in [-0.15, -0.1) is 0 Å². The lowest BCUT2D eigenvalue weighted by atomic mass is 10.0. The number of carbonyl (C=O) groups is 2. The van der Waals surface area contributed by atoms with Crippen LogP contribution in [0.3, 0.4) is 0 Å². The molecule has 5 rings (SSSR count). The molecule has 2 fully saturated rings. The van der Waals surface area contributed by atoms with E-state index in [1.54, 1.807) is 0 Å². The Kier molecular flexibility index (Phi) is 12.1. The number of ether oxygens (including phenoxy) is 4. The van der Waals surface area contributed by atoms with Crippen molar-refractivity contribution in [1.29, 1.82) is 0 Å². The number of rotatable bonds is 18. The molecule has 2 aromatic carbocycles. The monoisotopic (exact) mass is 757 g/mol. The number of anilines is 1. The highest BCUT2D eigenvalue weighted by atomic mass is 35.5. The fraction of sp³-hybridized carbons (Fsp3) is 0.424. The average molecular weight is 759 g/mol. The summed E-state index contributed by atoms with van der Waals surface area (Å²) in [6.07, 6.45) is 5.67. The molecular formula is C33H35Cl2F2N3O9S. The second-order valence-corrected chi connectivity index (χ2v) is 14.7. The summed E-state index contributed by atoms with van der Waals surface area (Å²) in [5.74, 6) is -0.569. The minimum atomic E-state index is -3.60. The maximum absolute atomic E-state index is 13.1. The number of alkyl halides is 2. The van der Waals surface area contributed by atoms with Gasteiger partial charge in [-0.2, -0.15) is 13.5 Å². The molecule has 1 heterocycles. The van der Waals surface area contributed by atoms with Gasteiger partial charge in [0.15, 0.2) is 23.9 Å². The molecule has 50 heavy (non-hydrogen) atoms. The lowest BCUT2D eigenvalue weighted by Gasteiger charge is -2.21. The van der Waals surface area contributed by atoms with Crippen LogP contribution in [-0.4, -0.2) is 52.9 Å². The molecule has 12 nitrogen and oxygen atoms in total. The standard InChI is InChI=1S/C33H35Cl2F2N3O9S/c1-50(44,45)39-26-8-6-22(13-29(26)46-17-19-2-3-19)32(42)38-11-10-31(41)48-28(14-23-24(34)15-40(43)16-25(23)35)21-7-9-27(49-33(36)37)30(12-21)47-18-20-4-5-20/h6-9,12-13,15-16,19-20,28,33,39H,2-5,10-11,14,17-18H2,1H3,(H,38,42). The van der Waals surface area contributed by atoms with E-state index in [4.69, 9.17) is 37.4 Å². The first-order chi connectivity index (χ1) is 23.7. The zero-order valence-electron chi connectivity index (χ0n) is 26.8. The van der Waals surface area contributed by atoms with Gasteiger partial charge >= 0.3 is 12.6 Å². The first-order valence-electron chi connectivity index (χ1n) is 15.7. The van der Waals surface area contributed by atoms with Crippen LogP contribution in [0.25, 0.3) is 0 Å². The first kappa shape index (κ1) is 37.2. The Morgan fingerprint density at radius 1 is 0.960 bits per heavy atom. The van der Waals surface area contributed by atoms with Crippen molar-refractivity contribution in [3.05, 3.63) is 80.7 Å². The quantitative estimate of drug-likeness (QED) is 0.0927. The highest BCUT2D eigenvalue weighted by molar-refractivity contribution is 7.92. The summed E-state index contributed by atoms with van der Waals surface area (Å²) in [4.78, 5) is 26.1. The van der Waals surface area contributed by atoms with Crippen molar-refractivity contribution in [3.8, 4) is 17.2 Å². The molecule has 270 valence electrons. The second kappa shape index (κ2) is 16.3. The van der Waals surface area contributed by atoms with Gasteiger partial charge in [0.2, 0.25) is 10.0 Å². The summed E-state index contributed by atoms with van der Waals surface area (Å²) in [7, 11) is -3.60. The number of amides is 1. The van der Waals surface area contributed by atoms with Crippen LogP contribution in [-0.2, 0) is 26.0 Å². The van der Waals surface area contributed by atoms with Gasteiger partial charge in [-0.3, -0.25) is 14.3 Å². The Bertz CT molecular complexity index is 1800. The number of sulfonamides is 1. The predicted octanol–water partition coefficient (Wildman–Crippen LogP) is 5.82. The van der Waals surface area contributed by atoms with Crippen molar-refractivity contribution in [2.24, 2.45) is 11.8 Å². The van der Waals surface area contributed by atoms with Gasteiger partial charge < -0.3 is 29.5 Å². The van der Waals surface area contributed by atoms with Gasteiger partial charge in [0.05, 0.1) is 31.6 Å². The van der Waals surface area contributed by atoms with Crippen molar-refractivity contribution in [2.75, 3.05) is 30.7 Å². The van der Waals surface area contributed by atoms with E-state index in [9.17, 15) is 32.0 Å². The van der Waals surface area contributed by atoms with Gasteiger partial charge in [-0.05, 0) is 73.4 Å². The Balaban J connectivity index is 1.29. The van der Waals surface area contributed by atoms with Crippen LogP contribution >= 0.6 is 23.2 Å². The third-order valence-corrected chi connectivity index (χ3v) is 9.02. The number of benzene rings is 2. The van der Waals surface area contributed by atoms with Gasteiger partial charge in [-0.25, -0.2) is 8.42 Å². The minimum absolute atomic E-state index is 0.0157. The van der Waals surface area contributed by atoms with E-state index in [-0.39, 0.29) is 64.5 Å². The van der Waals surface area contributed by atoms with Crippen molar-refractivity contribution in [2.45, 2.75) is 51.2 Å². The third kappa shape index (κ3) is 11.2. The number of pyridine rings is 1. The molecule has 2 saturated carbocycles. The van der Waals surface area contributed by atoms with Crippen LogP contribution < -0.4 is 29.0 Å². The summed E-state index contributed by atoms with van der Waals surface area (Å²) < 4.78 is 74.7. The van der Waals surface area contributed by atoms with Gasteiger partial charge in [0.1, 0.15) is 21.9 Å². The lowest BCUT2D eigenvalue weighted by Crippen LogP contribution is -2.27. The molecule has 3 aromatic rings. The van der Waals surface area contributed by atoms with Crippen LogP contribution in [0.4, 0.5) is 14.5 Å². The maximum Gasteiger partial charge on any atom is 0.387 e. The van der Waals surface area contributed by atoms with Crippen molar-refractivity contribution >= 4 is 50.8 Å². The number of hydrogen-bond acceptors (Lipinski definition) is 9. The number of hydrogen-bond donors (Lipinski definition) is 2. The summed E-state index contributed by atoms with van der Waals surface area (Å²) in [5.41, 5.74) is 1.02. The van der Waals surface area contributed by atoms with E-state index >= 15 is 0 Å². The van der Waals surface area contributed by atoms with Crippen LogP contribution in [0.2, 0.25) is 10.0 Å². The normalized spacial score (nSPS) is 14.9. The summed E-state index contributed by atoms with van der Waals surface area (Å²) in [6.45, 7) is -2.56. The Hall–Kier alpha value is -4.08. The zero-order chi connectivity index (χ0) is 36.0. The Morgan fingerprint density at radius 2 is 1.60 bits per heavy atom. The van der Waals surface area contributed by atoms with Gasteiger partial charge in [0, 0.05) is 24.1 Å². The van der Waals surface area contributed by atoms with Crippen molar-refractivity contribution in [1.82, 2.24) is 5.32 Å². The molecule has 1 unspecified atom stereocenters. The van der Waals surface area contributed by atoms with Crippen LogP contribution in [0.5, 0.6) is 17.2 Å². The first-order valence-corrected chi connectivity index (χ1v) is 18.4. The third-order valence-electron chi connectivity index (χ3n) is 7.77. The fourth-order valence-electron chi connectivity index (χ4n) is 4.82. The SMILES string of the molecule is CS(=O)(=O)Nc1ccc(C(=O)NCCC(=O)OC(Cc2c(Cl)c[n+]([O-])cc2Cl)c2ccc(OC(F)F)c(OCC3CC3)c2)cc1OCC1CC1. The molecule has 2 N–H and O–H groups in total. The Morgan fingerprint density at radius 3 is 2.20 bits per heavy atom. The molecule has 0 saturated heterocycles.